The van der Waals surface area contributed by atoms with E-state index in [0.717, 1.165) is 13.2 Å². The number of carbonyl (C=O) groups is 1. The molecule has 0 spiro atoms. The Balaban J connectivity index is 0.000000384. The van der Waals surface area contributed by atoms with Gasteiger partial charge in [-0.15, -0.1) is 0 Å². The molecular weight excluding hydrogens is 318 g/mol. The molecule has 0 saturated heterocycles. The summed E-state index contributed by atoms with van der Waals surface area (Å²) in [7, 11) is 0. The van der Waals surface area contributed by atoms with E-state index in [4.69, 9.17) is 34.9 Å². The topological polar surface area (TPSA) is 120 Å². The van der Waals surface area contributed by atoms with Gasteiger partial charge in [-0.25, -0.2) is 0 Å². The van der Waals surface area contributed by atoms with Crippen LogP contribution in [0.25, 0.3) is 0 Å². The van der Waals surface area contributed by atoms with Crippen LogP contribution in [0.5, 0.6) is 11.5 Å². The molecule has 1 aromatic carbocycles. The minimum Gasteiger partial charge on any atom is -0.454 e. The van der Waals surface area contributed by atoms with Crippen molar-refractivity contribution in [3.05, 3.63) is 17.7 Å². The zero-order valence-electron chi connectivity index (χ0n) is 14.4. The van der Waals surface area contributed by atoms with Gasteiger partial charge in [0.15, 0.2) is 24.1 Å². The molecule has 0 fully saturated rings. The van der Waals surface area contributed by atoms with Crippen LogP contribution < -0.4 is 15.2 Å². The standard InChI is InChI=1S/C8H7NO3.C6H14O2.C2H6O2/c9-6-1-2-7-8(5(6)3-10)12-4-11-7;1-4-7-6(3)8-5-2;3-1-2-4/h1-3H,4,9H2;6H,4-5H2,1-3H3;3-4H,1-2H2. The molecule has 0 aromatic heterocycles. The van der Waals surface area contributed by atoms with Crippen molar-refractivity contribution in [2.24, 2.45) is 0 Å². The molecule has 0 bridgehead atoms. The van der Waals surface area contributed by atoms with E-state index in [-0.39, 0.29) is 26.3 Å². The van der Waals surface area contributed by atoms with Gasteiger partial charge in [0.2, 0.25) is 6.79 Å². The van der Waals surface area contributed by atoms with Crippen LogP contribution in [-0.2, 0) is 9.47 Å². The largest absolute Gasteiger partial charge is 0.454 e. The fourth-order valence-corrected chi connectivity index (χ4v) is 1.65. The van der Waals surface area contributed by atoms with Crippen LogP contribution in [0.3, 0.4) is 0 Å². The summed E-state index contributed by atoms with van der Waals surface area (Å²) < 4.78 is 20.2. The van der Waals surface area contributed by atoms with E-state index < -0.39 is 0 Å². The predicted molar refractivity (Wildman–Crippen MR) is 89.3 cm³/mol. The van der Waals surface area contributed by atoms with Gasteiger partial charge in [-0.2, -0.15) is 0 Å². The summed E-state index contributed by atoms with van der Waals surface area (Å²) in [5.41, 5.74) is 6.31. The van der Waals surface area contributed by atoms with Crippen LogP contribution in [0, 0.1) is 0 Å². The molecule has 0 aliphatic carbocycles. The van der Waals surface area contributed by atoms with Gasteiger partial charge in [0.05, 0.1) is 18.8 Å². The van der Waals surface area contributed by atoms with Crippen LogP contribution in [0.1, 0.15) is 31.1 Å². The molecule has 0 unspecified atom stereocenters. The smallest absolute Gasteiger partial charge is 0.231 e. The second-order valence-corrected chi connectivity index (χ2v) is 4.35. The molecule has 0 saturated carbocycles. The third-order valence-corrected chi connectivity index (χ3v) is 2.63. The number of hydrogen-bond donors (Lipinski definition) is 3. The molecule has 1 aliphatic rings. The van der Waals surface area contributed by atoms with Crippen molar-refractivity contribution in [3.63, 3.8) is 0 Å². The van der Waals surface area contributed by atoms with Gasteiger partial charge in [0.25, 0.3) is 0 Å². The Labute approximate surface area is 142 Å². The number of benzene rings is 1. The van der Waals surface area contributed by atoms with E-state index in [1.807, 2.05) is 20.8 Å². The highest BCUT2D eigenvalue weighted by Gasteiger charge is 2.18. The predicted octanol–water partition coefficient (Wildman–Crippen LogP) is 1.19. The van der Waals surface area contributed by atoms with Crippen molar-refractivity contribution in [2.75, 3.05) is 39.0 Å². The zero-order valence-corrected chi connectivity index (χ0v) is 14.4. The Kier molecular flexibility index (Phi) is 12.5. The van der Waals surface area contributed by atoms with Crippen molar-refractivity contribution in [3.8, 4) is 11.5 Å². The molecule has 1 aromatic rings. The Hall–Kier alpha value is -1.87. The molecule has 2 rings (SSSR count). The highest BCUT2D eigenvalue weighted by Crippen LogP contribution is 2.37. The second-order valence-electron chi connectivity index (χ2n) is 4.35. The maximum absolute atomic E-state index is 10.6. The third kappa shape index (κ3) is 8.11. The molecular formula is C16H27NO7. The summed E-state index contributed by atoms with van der Waals surface area (Å²) >= 11 is 0. The monoisotopic (exact) mass is 345 g/mol. The first-order valence-corrected chi connectivity index (χ1v) is 7.63. The molecule has 0 radical (unpaired) electrons. The van der Waals surface area contributed by atoms with Gasteiger partial charge in [-0.3, -0.25) is 4.79 Å². The minimum atomic E-state index is -0.125. The summed E-state index contributed by atoms with van der Waals surface area (Å²) in [5, 5.41) is 15.2. The number of aliphatic hydroxyl groups is 2. The Morgan fingerprint density at radius 3 is 2.25 bits per heavy atom. The summed E-state index contributed by atoms with van der Waals surface area (Å²) in [5.74, 6) is 1.02. The lowest BCUT2D eigenvalue weighted by Gasteiger charge is -2.09. The zero-order chi connectivity index (χ0) is 18.4. The van der Waals surface area contributed by atoms with Gasteiger partial charge in [-0.05, 0) is 32.9 Å². The first-order valence-electron chi connectivity index (χ1n) is 7.63. The van der Waals surface area contributed by atoms with E-state index in [0.29, 0.717) is 29.0 Å². The highest BCUT2D eigenvalue weighted by molar-refractivity contribution is 5.89. The second kappa shape index (κ2) is 13.6. The molecule has 24 heavy (non-hydrogen) atoms. The molecule has 138 valence electrons. The van der Waals surface area contributed by atoms with Crippen LogP contribution in [-0.4, -0.2) is 56.0 Å². The third-order valence-electron chi connectivity index (χ3n) is 2.63. The first-order chi connectivity index (χ1) is 11.5. The van der Waals surface area contributed by atoms with Crippen LogP contribution in [0.15, 0.2) is 12.1 Å². The number of rotatable bonds is 6. The van der Waals surface area contributed by atoms with Gasteiger partial charge >= 0.3 is 0 Å². The van der Waals surface area contributed by atoms with E-state index >= 15 is 0 Å². The number of hydrogen-bond acceptors (Lipinski definition) is 8. The van der Waals surface area contributed by atoms with Crippen molar-refractivity contribution in [1.29, 1.82) is 0 Å². The number of anilines is 1. The Morgan fingerprint density at radius 1 is 1.21 bits per heavy atom. The van der Waals surface area contributed by atoms with Gasteiger partial charge < -0.3 is 34.9 Å². The van der Waals surface area contributed by atoms with E-state index in [1.54, 1.807) is 12.1 Å². The fourth-order valence-electron chi connectivity index (χ4n) is 1.65. The van der Waals surface area contributed by atoms with Gasteiger partial charge in [0, 0.05) is 18.9 Å². The molecule has 0 amide bonds. The number of nitrogen functional groups attached to an aromatic ring is 1. The van der Waals surface area contributed by atoms with Gasteiger partial charge in [-0.1, -0.05) is 0 Å². The molecule has 0 atom stereocenters. The number of fused-ring (bicyclic) bond motifs is 1. The lowest BCUT2D eigenvalue weighted by Crippen LogP contribution is -2.11. The minimum absolute atomic E-state index is 0.0370. The van der Waals surface area contributed by atoms with Crippen LogP contribution in [0.2, 0.25) is 0 Å². The van der Waals surface area contributed by atoms with Gasteiger partial charge in [0.1, 0.15) is 0 Å². The Morgan fingerprint density at radius 2 is 1.79 bits per heavy atom. The number of aliphatic hydroxyl groups excluding tert-OH is 2. The van der Waals surface area contributed by atoms with Crippen molar-refractivity contribution < 1.29 is 34.0 Å². The average molecular weight is 345 g/mol. The summed E-state index contributed by atoms with van der Waals surface area (Å²) in [4.78, 5) is 10.6. The maximum atomic E-state index is 10.6. The number of ether oxygens (including phenoxy) is 4. The average Bonchev–Trinajstić information content (AvgIpc) is 3.05. The quantitative estimate of drug-likeness (QED) is 0.399. The summed E-state index contributed by atoms with van der Waals surface area (Å²) in [6, 6.07) is 3.31. The van der Waals surface area contributed by atoms with Crippen LogP contribution in [0.4, 0.5) is 5.69 Å². The normalized spacial score (nSPS) is 11.2. The molecule has 8 heteroatoms. The number of carbonyl (C=O) groups excluding carboxylic acids is 1. The number of aldehydes is 1. The van der Waals surface area contributed by atoms with E-state index in [2.05, 4.69) is 0 Å². The lowest BCUT2D eigenvalue weighted by atomic mass is 10.1. The SMILES string of the molecule is CCOC(C)OCC.Nc1ccc2c(c1C=O)OCO2.OCCO. The number of nitrogens with two attached hydrogens (primary N) is 1. The maximum Gasteiger partial charge on any atom is 0.231 e. The fraction of sp³-hybridized carbons (Fsp3) is 0.562. The van der Waals surface area contributed by atoms with E-state index in [1.165, 1.54) is 0 Å². The van der Waals surface area contributed by atoms with Crippen molar-refractivity contribution >= 4 is 12.0 Å². The first kappa shape index (κ1) is 22.1. The van der Waals surface area contributed by atoms with Crippen molar-refractivity contribution in [2.45, 2.75) is 27.1 Å². The Bertz CT molecular complexity index is 460. The lowest BCUT2D eigenvalue weighted by molar-refractivity contribution is -0.123. The van der Waals surface area contributed by atoms with Crippen molar-refractivity contribution in [1.82, 2.24) is 0 Å². The van der Waals surface area contributed by atoms with E-state index in [9.17, 15) is 4.79 Å². The highest BCUT2D eigenvalue weighted by atomic mass is 16.7. The summed E-state index contributed by atoms with van der Waals surface area (Å²) in [6.07, 6.45) is 0.632. The summed E-state index contributed by atoms with van der Waals surface area (Å²) in [6.45, 7) is 7.15. The van der Waals surface area contributed by atoms with Crippen LogP contribution >= 0.6 is 0 Å². The molecule has 4 N–H and O–H groups in total. The molecule has 1 aliphatic heterocycles. The molecule has 8 nitrogen and oxygen atoms in total. The molecule has 1 heterocycles.